The molecule has 37 heavy (non-hydrogen) atoms. The molecule has 0 bridgehead atoms. The van der Waals surface area contributed by atoms with Gasteiger partial charge in [-0.05, 0) is 54.7 Å². The van der Waals surface area contributed by atoms with Gasteiger partial charge in [0, 0.05) is 17.6 Å². The minimum absolute atomic E-state index is 0.0662. The van der Waals surface area contributed by atoms with Crippen LogP contribution in [0.4, 0.5) is 0 Å². The zero-order chi connectivity index (χ0) is 26.8. The van der Waals surface area contributed by atoms with Crippen molar-refractivity contribution in [2.24, 2.45) is 5.92 Å². The van der Waals surface area contributed by atoms with Crippen LogP contribution >= 0.6 is 28.1 Å². The quantitative estimate of drug-likeness (QED) is 0.247. The molecule has 0 spiro atoms. The van der Waals surface area contributed by atoms with Crippen molar-refractivity contribution < 1.29 is 23.9 Å². The highest BCUT2D eigenvalue weighted by Gasteiger charge is 2.34. The Labute approximate surface area is 231 Å². The first-order chi connectivity index (χ1) is 17.7. The molecule has 8 nitrogen and oxygen atoms in total. The fraction of sp³-hybridized carbons (Fsp3) is 0.407. The van der Waals surface area contributed by atoms with Crippen LogP contribution in [0.3, 0.4) is 0 Å². The Bertz CT molecular complexity index is 1110. The van der Waals surface area contributed by atoms with Crippen LogP contribution in [-0.2, 0) is 20.7 Å². The normalized spacial score (nSPS) is 15.2. The number of benzene rings is 2. The van der Waals surface area contributed by atoms with E-state index in [1.54, 1.807) is 23.1 Å². The molecule has 0 saturated carbocycles. The summed E-state index contributed by atoms with van der Waals surface area (Å²) in [5.74, 6) is -0.577. The lowest BCUT2D eigenvalue weighted by atomic mass is 10.1. The first-order valence-electron chi connectivity index (χ1n) is 12.3. The molecule has 0 radical (unpaired) electrons. The van der Waals surface area contributed by atoms with Gasteiger partial charge in [-0.1, -0.05) is 60.1 Å². The summed E-state index contributed by atoms with van der Waals surface area (Å²) in [5, 5.41) is 5.52. The van der Waals surface area contributed by atoms with Crippen LogP contribution in [0, 0.1) is 5.92 Å². The Morgan fingerprint density at radius 2 is 1.97 bits per heavy atom. The third kappa shape index (κ3) is 8.82. The average Bonchev–Trinajstić information content (AvgIpc) is 2.87. The van der Waals surface area contributed by atoms with Gasteiger partial charge in [-0.3, -0.25) is 19.7 Å². The molecule has 1 atom stereocenters. The molecule has 2 amide bonds. The van der Waals surface area contributed by atoms with E-state index < -0.39 is 17.9 Å². The number of hydrogen-bond acceptors (Lipinski definition) is 6. The van der Waals surface area contributed by atoms with Gasteiger partial charge in [-0.15, -0.1) is 0 Å². The minimum atomic E-state index is -0.873. The molecule has 1 saturated heterocycles. The number of carbonyl (C=O) groups is 3. The van der Waals surface area contributed by atoms with Gasteiger partial charge in [0.1, 0.15) is 11.8 Å². The second-order valence-corrected chi connectivity index (χ2v) is 10.4. The second-order valence-electron chi connectivity index (χ2n) is 9.12. The summed E-state index contributed by atoms with van der Waals surface area (Å²) < 4.78 is 11.9. The van der Waals surface area contributed by atoms with E-state index in [-0.39, 0.29) is 30.0 Å². The fourth-order valence-electron chi connectivity index (χ4n) is 3.78. The molecule has 1 aliphatic rings. The highest BCUT2D eigenvalue weighted by atomic mass is 79.9. The molecule has 2 aromatic rings. The van der Waals surface area contributed by atoms with Crippen molar-refractivity contribution in [3.05, 3.63) is 64.1 Å². The van der Waals surface area contributed by atoms with Crippen LogP contribution in [0.15, 0.2) is 53.0 Å². The Hall–Kier alpha value is -2.98. The smallest absolute Gasteiger partial charge is 0.308 e. The largest absolute Gasteiger partial charge is 0.492 e. The van der Waals surface area contributed by atoms with E-state index in [2.05, 4.69) is 26.6 Å². The van der Waals surface area contributed by atoms with Crippen molar-refractivity contribution in [2.45, 2.75) is 39.2 Å². The zero-order valence-corrected chi connectivity index (χ0v) is 23.4. The molecular weight excluding hydrogens is 558 g/mol. The van der Waals surface area contributed by atoms with E-state index in [1.807, 2.05) is 44.2 Å². The number of hydrogen-bond donors (Lipinski definition) is 2. The number of aryl methyl sites for hydroxylation is 1. The summed E-state index contributed by atoms with van der Waals surface area (Å²) in [6.07, 6.45) is 1.30. The van der Waals surface area contributed by atoms with E-state index in [4.69, 9.17) is 21.7 Å². The van der Waals surface area contributed by atoms with Crippen LogP contribution in [0.25, 0.3) is 0 Å². The lowest BCUT2D eigenvalue weighted by molar-refractivity contribution is -0.147. The van der Waals surface area contributed by atoms with Crippen molar-refractivity contribution in [3.63, 3.8) is 0 Å². The molecule has 1 aliphatic heterocycles. The Kier molecular flexibility index (Phi) is 10.9. The summed E-state index contributed by atoms with van der Waals surface area (Å²) in [5.41, 5.74) is 1.48. The first-order valence-corrected chi connectivity index (χ1v) is 13.5. The molecule has 198 valence electrons. The molecule has 1 fully saturated rings. The SMILES string of the molecule is CC(C)COc1ccc(Br)cc1C(=O)NC(=S)N1CCNC(=O)C1CC(=O)OCCCc1ccccc1. The number of nitrogens with zero attached hydrogens (tertiary/aromatic N) is 1. The third-order valence-corrected chi connectivity index (χ3v) is 6.48. The summed E-state index contributed by atoms with van der Waals surface area (Å²) >= 11 is 8.87. The fourth-order valence-corrected chi connectivity index (χ4v) is 4.46. The monoisotopic (exact) mass is 589 g/mol. The molecule has 1 heterocycles. The standard InChI is InChI=1S/C27H32BrN3O5S/c1-18(2)17-36-23-11-10-20(28)15-21(23)25(33)30-27(37)31-13-12-29-26(34)22(31)16-24(32)35-14-6-9-19-7-4-3-5-8-19/h3-5,7-8,10-11,15,18,22H,6,9,12-14,16-17H2,1-2H3,(H,29,34)(H,30,33,37). The lowest BCUT2D eigenvalue weighted by Crippen LogP contribution is -2.60. The van der Waals surface area contributed by atoms with Crippen LogP contribution < -0.4 is 15.4 Å². The van der Waals surface area contributed by atoms with Gasteiger partial charge < -0.3 is 19.7 Å². The third-order valence-electron chi connectivity index (χ3n) is 5.65. The average molecular weight is 591 g/mol. The second kappa shape index (κ2) is 14.1. The van der Waals surface area contributed by atoms with E-state index in [9.17, 15) is 14.4 Å². The Balaban J connectivity index is 1.58. The van der Waals surface area contributed by atoms with Crippen LogP contribution in [0.2, 0.25) is 0 Å². The summed E-state index contributed by atoms with van der Waals surface area (Å²) in [6, 6.07) is 14.2. The Morgan fingerprint density at radius 1 is 1.22 bits per heavy atom. The number of carbonyl (C=O) groups excluding carboxylic acids is 3. The number of amides is 2. The number of halogens is 1. The van der Waals surface area contributed by atoms with Crippen LogP contribution in [-0.4, -0.2) is 60.1 Å². The van der Waals surface area contributed by atoms with Crippen LogP contribution in [0.1, 0.15) is 42.6 Å². The number of nitrogens with one attached hydrogen (secondary N) is 2. The molecule has 2 N–H and O–H groups in total. The Morgan fingerprint density at radius 3 is 2.70 bits per heavy atom. The summed E-state index contributed by atoms with van der Waals surface area (Å²) in [7, 11) is 0. The highest BCUT2D eigenvalue weighted by molar-refractivity contribution is 9.10. The first kappa shape index (κ1) is 28.6. The summed E-state index contributed by atoms with van der Waals surface area (Å²) in [6.45, 7) is 5.44. The maximum atomic E-state index is 13.1. The molecule has 2 aromatic carbocycles. The van der Waals surface area contributed by atoms with Crippen molar-refractivity contribution >= 4 is 51.0 Å². The van der Waals surface area contributed by atoms with Crippen LogP contribution in [0.5, 0.6) is 5.75 Å². The van der Waals surface area contributed by atoms with Gasteiger partial charge in [0.2, 0.25) is 5.91 Å². The zero-order valence-electron chi connectivity index (χ0n) is 21.0. The number of thiocarbonyl (C=S) groups is 1. The molecular formula is C27H32BrN3O5S. The van der Waals surface area contributed by atoms with E-state index in [0.29, 0.717) is 41.9 Å². The lowest BCUT2D eigenvalue weighted by Gasteiger charge is -2.36. The van der Waals surface area contributed by atoms with Gasteiger partial charge in [0.25, 0.3) is 5.91 Å². The van der Waals surface area contributed by atoms with Crippen molar-refractivity contribution in [1.82, 2.24) is 15.5 Å². The molecule has 0 aromatic heterocycles. The van der Waals surface area contributed by atoms with E-state index >= 15 is 0 Å². The maximum Gasteiger partial charge on any atom is 0.308 e. The number of rotatable bonds is 10. The molecule has 3 rings (SSSR count). The topological polar surface area (TPSA) is 97.0 Å². The van der Waals surface area contributed by atoms with E-state index in [0.717, 1.165) is 6.42 Å². The molecule has 1 unspecified atom stereocenters. The number of esters is 1. The van der Waals surface area contributed by atoms with Gasteiger partial charge in [-0.25, -0.2) is 0 Å². The molecule has 0 aliphatic carbocycles. The predicted octanol–water partition coefficient (Wildman–Crippen LogP) is 3.87. The summed E-state index contributed by atoms with van der Waals surface area (Å²) in [4.78, 5) is 39.8. The number of piperazine rings is 1. The van der Waals surface area contributed by atoms with Crippen molar-refractivity contribution in [1.29, 1.82) is 0 Å². The van der Waals surface area contributed by atoms with Gasteiger partial charge >= 0.3 is 5.97 Å². The van der Waals surface area contributed by atoms with Crippen molar-refractivity contribution in [2.75, 3.05) is 26.3 Å². The van der Waals surface area contributed by atoms with Crippen molar-refractivity contribution in [3.8, 4) is 5.75 Å². The van der Waals surface area contributed by atoms with Gasteiger partial charge in [0.05, 0.1) is 25.2 Å². The number of ether oxygens (including phenoxy) is 2. The minimum Gasteiger partial charge on any atom is -0.492 e. The molecule has 10 heteroatoms. The predicted molar refractivity (Wildman–Crippen MR) is 148 cm³/mol. The maximum absolute atomic E-state index is 13.1. The van der Waals surface area contributed by atoms with Gasteiger partial charge in [0.15, 0.2) is 5.11 Å². The van der Waals surface area contributed by atoms with Gasteiger partial charge in [-0.2, -0.15) is 0 Å². The van der Waals surface area contributed by atoms with E-state index in [1.165, 1.54) is 5.56 Å². The highest BCUT2D eigenvalue weighted by Crippen LogP contribution is 2.24.